The minimum absolute atomic E-state index is 0.0989. The van der Waals surface area contributed by atoms with Gasteiger partial charge in [0.25, 0.3) is 0 Å². The van der Waals surface area contributed by atoms with Gasteiger partial charge in [-0.25, -0.2) is 0 Å². The first kappa shape index (κ1) is 22.3. The van der Waals surface area contributed by atoms with Gasteiger partial charge in [-0.2, -0.15) is 17.7 Å². The van der Waals surface area contributed by atoms with E-state index in [1.165, 1.54) is 17.7 Å². The van der Waals surface area contributed by atoms with Crippen LogP contribution in [0.3, 0.4) is 0 Å². The Morgan fingerprint density at radius 2 is 1.53 bits per heavy atom. The summed E-state index contributed by atoms with van der Waals surface area (Å²) in [6.45, 7) is 9.05. The van der Waals surface area contributed by atoms with E-state index in [4.69, 9.17) is 4.42 Å². The topological polar surface area (TPSA) is 42.8 Å². The lowest BCUT2D eigenvalue weighted by molar-refractivity contribution is -0.764. The number of benzene rings is 2. The fraction of sp³-hybridized carbons (Fsp3) is 0.296. The van der Waals surface area contributed by atoms with Crippen LogP contribution in [-0.2, 0) is 17.1 Å². The van der Waals surface area contributed by atoms with Gasteiger partial charge in [0.2, 0.25) is 17.5 Å². The van der Waals surface area contributed by atoms with Crippen LogP contribution in [0.5, 0.6) is 0 Å². The Kier molecular flexibility index (Phi) is 4.93. The highest BCUT2D eigenvalue weighted by atomic mass is 19.4. The molecular formula is C27H25F3N3O+. The average molecular weight is 465 g/mol. The predicted molar refractivity (Wildman–Crippen MR) is 123 cm³/mol. The van der Waals surface area contributed by atoms with Crippen LogP contribution >= 0.6 is 0 Å². The van der Waals surface area contributed by atoms with E-state index in [-0.39, 0.29) is 16.8 Å². The van der Waals surface area contributed by atoms with E-state index in [1.54, 1.807) is 0 Å². The van der Waals surface area contributed by atoms with Crippen LogP contribution in [0.2, 0.25) is 0 Å². The fourth-order valence-corrected chi connectivity index (χ4v) is 4.99. The maximum Gasteiger partial charge on any atom is 0.416 e. The molecule has 5 rings (SSSR count). The first-order valence-corrected chi connectivity index (χ1v) is 11.2. The number of hydrogen-bond donors (Lipinski definition) is 0. The number of alkyl halides is 3. The van der Waals surface area contributed by atoms with Gasteiger partial charge in [0.15, 0.2) is 11.7 Å². The molecule has 7 heteroatoms. The van der Waals surface area contributed by atoms with Crippen LogP contribution in [0.15, 0.2) is 71.3 Å². The molecule has 0 spiro atoms. The van der Waals surface area contributed by atoms with Gasteiger partial charge >= 0.3 is 6.18 Å². The summed E-state index contributed by atoms with van der Waals surface area (Å²) >= 11 is 0. The van der Waals surface area contributed by atoms with E-state index >= 15 is 0 Å². The van der Waals surface area contributed by atoms with Gasteiger partial charge in [0, 0.05) is 36.6 Å². The first-order chi connectivity index (χ1) is 16.1. The number of pyridine rings is 1. The van der Waals surface area contributed by atoms with Crippen molar-refractivity contribution in [1.29, 1.82) is 0 Å². The van der Waals surface area contributed by atoms with E-state index in [1.807, 2.05) is 12.1 Å². The van der Waals surface area contributed by atoms with Crippen molar-refractivity contribution in [3.63, 3.8) is 0 Å². The van der Waals surface area contributed by atoms with E-state index in [0.717, 1.165) is 35.4 Å². The maximum absolute atomic E-state index is 12.9. The molecule has 0 fully saturated rings. The second-order valence-electron chi connectivity index (χ2n) is 9.46. The van der Waals surface area contributed by atoms with Crippen molar-refractivity contribution in [3.05, 3.63) is 78.0 Å². The highest BCUT2D eigenvalue weighted by Gasteiger charge is 2.54. The van der Waals surface area contributed by atoms with Gasteiger partial charge in [-0.15, -0.1) is 10.2 Å². The van der Waals surface area contributed by atoms with Crippen molar-refractivity contribution in [2.24, 2.45) is 0 Å². The summed E-state index contributed by atoms with van der Waals surface area (Å²) in [4.78, 5) is 0. The molecule has 0 bridgehead atoms. The molecule has 1 aliphatic heterocycles. The molecule has 0 radical (unpaired) electrons. The molecule has 174 valence electrons. The van der Waals surface area contributed by atoms with Crippen LogP contribution in [0.25, 0.3) is 34.2 Å². The van der Waals surface area contributed by atoms with Crippen LogP contribution in [0, 0.1) is 0 Å². The third-order valence-electron chi connectivity index (χ3n) is 7.53. The highest BCUT2D eigenvalue weighted by Crippen LogP contribution is 2.48. The van der Waals surface area contributed by atoms with E-state index in [9.17, 15) is 13.2 Å². The van der Waals surface area contributed by atoms with Crippen LogP contribution in [0.4, 0.5) is 13.2 Å². The van der Waals surface area contributed by atoms with Gasteiger partial charge in [-0.3, -0.25) is 0 Å². The molecule has 0 N–H and O–H groups in total. The number of nitrogens with zero attached hydrogens (tertiary/aromatic N) is 3. The molecule has 1 atom stereocenters. The van der Waals surface area contributed by atoms with Gasteiger partial charge in [-0.05, 0) is 61.9 Å². The molecule has 4 nitrogen and oxygen atoms in total. The minimum Gasteiger partial charge on any atom is -0.416 e. The van der Waals surface area contributed by atoms with Crippen LogP contribution in [-0.4, -0.2) is 10.2 Å². The van der Waals surface area contributed by atoms with Gasteiger partial charge in [0.1, 0.15) is 0 Å². The SMILES string of the molecule is CCC1(C)[n+]2ccccc2-c2cc(-c3nnc(-c4ccc(C(F)(F)F)cc4)o3)ccc2C1(C)C. The van der Waals surface area contributed by atoms with E-state index in [2.05, 4.69) is 72.9 Å². The Labute approximate surface area is 196 Å². The summed E-state index contributed by atoms with van der Waals surface area (Å²) in [6, 6.07) is 17.1. The summed E-state index contributed by atoms with van der Waals surface area (Å²) < 4.78 is 46.8. The minimum atomic E-state index is -4.39. The largest absolute Gasteiger partial charge is 0.416 e. The maximum atomic E-state index is 12.9. The Balaban J connectivity index is 1.57. The van der Waals surface area contributed by atoms with Gasteiger partial charge in [-0.1, -0.05) is 13.0 Å². The molecular weight excluding hydrogens is 439 g/mol. The number of rotatable bonds is 3. The van der Waals surface area contributed by atoms with Crippen molar-refractivity contribution < 1.29 is 22.2 Å². The van der Waals surface area contributed by atoms with Crippen molar-refractivity contribution in [1.82, 2.24) is 10.2 Å². The molecule has 0 amide bonds. The number of aromatic nitrogens is 3. The molecule has 0 aliphatic carbocycles. The zero-order chi connectivity index (χ0) is 24.3. The Hall–Kier alpha value is -3.48. The summed E-state index contributed by atoms with van der Waals surface area (Å²) in [5.74, 6) is 0.497. The second kappa shape index (κ2) is 7.52. The molecule has 2 aromatic heterocycles. The third-order valence-corrected chi connectivity index (χ3v) is 7.53. The van der Waals surface area contributed by atoms with Crippen molar-refractivity contribution in [3.8, 4) is 34.2 Å². The Morgan fingerprint density at radius 3 is 2.18 bits per heavy atom. The molecule has 1 unspecified atom stereocenters. The van der Waals surface area contributed by atoms with Gasteiger partial charge < -0.3 is 4.42 Å². The molecule has 1 aliphatic rings. The van der Waals surface area contributed by atoms with Crippen molar-refractivity contribution >= 4 is 0 Å². The molecule has 0 saturated heterocycles. The van der Waals surface area contributed by atoms with Crippen LogP contribution in [0.1, 0.15) is 45.2 Å². The van der Waals surface area contributed by atoms with E-state index in [0.29, 0.717) is 11.5 Å². The zero-order valence-corrected chi connectivity index (χ0v) is 19.4. The smallest absolute Gasteiger partial charge is 0.416 e. The monoisotopic (exact) mass is 464 g/mol. The van der Waals surface area contributed by atoms with Crippen molar-refractivity contribution in [2.75, 3.05) is 0 Å². The Morgan fingerprint density at radius 1 is 0.882 bits per heavy atom. The standard InChI is InChI=1S/C27H25F3N3O/c1-5-26(4)25(2,3)21-14-11-18(16-20(21)22-8-6-7-15-33(22)26)24-32-31-23(34-24)17-9-12-19(13-10-17)27(28,29)30/h6-16H,5H2,1-4H3/q+1. The first-order valence-electron chi connectivity index (χ1n) is 11.2. The predicted octanol–water partition coefficient (Wildman–Crippen LogP) is 6.79. The second-order valence-corrected chi connectivity index (χ2v) is 9.46. The average Bonchev–Trinajstić information content (AvgIpc) is 3.32. The number of halogens is 3. The quantitative estimate of drug-likeness (QED) is 0.314. The third kappa shape index (κ3) is 3.25. The number of fused-ring (bicyclic) bond motifs is 3. The Bertz CT molecular complexity index is 1370. The van der Waals surface area contributed by atoms with Crippen LogP contribution < -0.4 is 4.57 Å². The van der Waals surface area contributed by atoms with Crippen molar-refractivity contribution in [2.45, 2.75) is 51.2 Å². The zero-order valence-electron chi connectivity index (χ0n) is 19.4. The normalized spacial score (nSPS) is 18.9. The highest BCUT2D eigenvalue weighted by molar-refractivity contribution is 5.72. The van der Waals surface area contributed by atoms with Gasteiger partial charge in [0.05, 0.1) is 16.5 Å². The van der Waals surface area contributed by atoms with E-state index < -0.39 is 11.7 Å². The summed E-state index contributed by atoms with van der Waals surface area (Å²) in [7, 11) is 0. The lowest BCUT2D eigenvalue weighted by atomic mass is 9.63. The fourth-order valence-electron chi connectivity index (χ4n) is 4.99. The molecule has 3 heterocycles. The molecule has 34 heavy (non-hydrogen) atoms. The molecule has 2 aromatic carbocycles. The summed E-state index contributed by atoms with van der Waals surface area (Å²) in [5.41, 5.74) is 3.71. The molecule has 0 saturated carbocycles. The summed E-state index contributed by atoms with van der Waals surface area (Å²) in [6.07, 6.45) is -1.29. The summed E-state index contributed by atoms with van der Waals surface area (Å²) in [5, 5.41) is 8.25. The lowest BCUT2D eigenvalue weighted by Crippen LogP contribution is -2.66. The number of hydrogen-bond acceptors (Lipinski definition) is 3. The lowest BCUT2D eigenvalue weighted by Gasteiger charge is -2.44. The molecule has 4 aromatic rings.